The molecule has 0 N–H and O–H groups in total. The molecule has 60 heavy (non-hydrogen) atoms. The van der Waals surface area contributed by atoms with Crippen LogP contribution in [-0.2, 0) is 32.5 Å². The van der Waals surface area contributed by atoms with Crippen molar-refractivity contribution in [1.82, 2.24) is 0 Å². The van der Waals surface area contributed by atoms with E-state index in [4.69, 9.17) is 0 Å². The maximum atomic E-state index is 2.54. The minimum atomic E-state index is -0.113. The fraction of sp³-hybridized carbons (Fsp3) is 0.390. The lowest BCUT2D eigenvalue weighted by Gasteiger charge is -2.33. The van der Waals surface area contributed by atoms with Crippen molar-refractivity contribution < 1.29 is 0 Å². The van der Waals surface area contributed by atoms with E-state index in [9.17, 15) is 0 Å². The van der Waals surface area contributed by atoms with Crippen molar-refractivity contribution in [1.29, 1.82) is 0 Å². The number of fused-ring (bicyclic) bond motifs is 3. The number of anilines is 3. The molecule has 1 aliphatic carbocycles. The number of rotatable bonds is 5. The van der Waals surface area contributed by atoms with E-state index in [1.165, 1.54) is 89.4 Å². The highest BCUT2D eigenvalue weighted by Crippen LogP contribution is 2.51. The van der Waals surface area contributed by atoms with Gasteiger partial charge in [-0.25, -0.2) is 0 Å². The molecule has 0 aliphatic heterocycles. The van der Waals surface area contributed by atoms with Gasteiger partial charge >= 0.3 is 0 Å². The molecule has 1 aliphatic rings. The number of nitrogens with zero attached hydrogens (tertiary/aromatic N) is 1. The summed E-state index contributed by atoms with van der Waals surface area (Å²) in [5.41, 5.74) is 20.6. The average molecular weight is 794 g/mol. The highest BCUT2D eigenvalue weighted by molar-refractivity contribution is 5.87. The molecule has 0 spiro atoms. The summed E-state index contributed by atoms with van der Waals surface area (Å²) in [4.78, 5) is 2.54. The summed E-state index contributed by atoms with van der Waals surface area (Å²) in [6.07, 6.45) is 0. The second-order valence-corrected chi connectivity index (χ2v) is 23.4. The van der Waals surface area contributed by atoms with E-state index in [1.54, 1.807) is 0 Å². The summed E-state index contributed by atoms with van der Waals surface area (Å²) in [7, 11) is 0. The van der Waals surface area contributed by atoms with Gasteiger partial charge in [0.2, 0.25) is 0 Å². The molecule has 0 unspecified atom stereocenters. The third-order valence-corrected chi connectivity index (χ3v) is 13.0. The largest absolute Gasteiger partial charge is 0.310 e. The summed E-state index contributed by atoms with van der Waals surface area (Å²) in [5.74, 6) is 0. The SMILES string of the molecule is CC(C)(C)c1cc(-c2ccc(-c3cc(C(C)(C)C)cc(C(C)(C)C)c3)cc2)cc(N(c2cc(C(C)(C)C)cc(C(C)(C)C)c2)c2ccc3c(c2)C(C)(C)c2ccccc2-3)c1. The minimum Gasteiger partial charge on any atom is -0.310 e. The first-order valence-electron chi connectivity index (χ1n) is 22.3. The molecule has 0 amide bonds. The molecule has 6 aromatic rings. The molecule has 1 heteroatoms. The first-order chi connectivity index (χ1) is 27.6. The monoisotopic (exact) mass is 794 g/mol. The van der Waals surface area contributed by atoms with E-state index in [2.05, 4.69) is 244 Å². The third-order valence-electron chi connectivity index (χ3n) is 13.0. The standard InChI is InChI=1S/C59H71N/c1-54(2,3)42-28-40(29-43(32-42)55(4,5)6)38-22-24-39(25-23-38)41-30-44(56(7,8)9)34-48(31-41)60(49-35-45(57(10,11)12)33-46(36-49)58(13,14)15)47-26-27-51-50-20-18-19-21-52(50)59(16,17)53(51)37-47/h18-37H,1-17H3. The van der Waals surface area contributed by atoms with Gasteiger partial charge in [-0.2, -0.15) is 0 Å². The molecule has 0 bridgehead atoms. The van der Waals surface area contributed by atoms with Gasteiger partial charge < -0.3 is 4.90 Å². The highest BCUT2D eigenvalue weighted by Gasteiger charge is 2.36. The zero-order valence-corrected chi connectivity index (χ0v) is 40.0. The summed E-state index contributed by atoms with van der Waals surface area (Å²) in [6.45, 7) is 39.7. The molecule has 312 valence electrons. The topological polar surface area (TPSA) is 3.24 Å². The lowest BCUT2D eigenvalue weighted by molar-refractivity contribution is 0.568. The van der Waals surface area contributed by atoms with Crippen molar-refractivity contribution in [2.24, 2.45) is 0 Å². The number of hydrogen-bond donors (Lipinski definition) is 0. The number of benzene rings is 6. The van der Waals surface area contributed by atoms with Crippen molar-refractivity contribution in [3.8, 4) is 33.4 Å². The Balaban J connectivity index is 1.44. The molecule has 0 saturated carbocycles. The van der Waals surface area contributed by atoms with Crippen LogP contribution >= 0.6 is 0 Å². The Morgan fingerprint density at radius 2 is 0.683 bits per heavy atom. The molecule has 0 fully saturated rings. The summed E-state index contributed by atoms with van der Waals surface area (Å²) in [6, 6.07) is 47.3. The van der Waals surface area contributed by atoms with Crippen LogP contribution in [0.1, 0.15) is 157 Å². The van der Waals surface area contributed by atoms with Crippen molar-refractivity contribution in [2.75, 3.05) is 4.90 Å². The van der Waals surface area contributed by atoms with E-state index < -0.39 is 0 Å². The van der Waals surface area contributed by atoms with Gasteiger partial charge in [0.15, 0.2) is 0 Å². The molecular formula is C59H71N. The van der Waals surface area contributed by atoms with Crippen LogP contribution in [0.2, 0.25) is 0 Å². The zero-order chi connectivity index (χ0) is 44.0. The normalized spacial score (nSPS) is 14.2. The molecule has 0 atom stereocenters. The fourth-order valence-corrected chi connectivity index (χ4v) is 8.74. The zero-order valence-electron chi connectivity index (χ0n) is 40.0. The number of hydrogen-bond acceptors (Lipinski definition) is 1. The molecule has 0 heterocycles. The van der Waals surface area contributed by atoms with Crippen molar-refractivity contribution in [3.05, 3.63) is 160 Å². The van der Waals surface area contributed by atoms with Crippen molar-refractivity contribution in [3.63, 3.8) is 0 Å². The third kappa shape index (κ3) is 8.39. The van der Waals surface area contributed by atoms with Gasteiger partial charge in [-0.3, -0.25) is 0 Å². The maximum absolute atomic E-state index is 2.54. The Morgan fingerprint density at radius 1 is 0.317 bits per heavy atom. The molecule has 0 aromatic heterocycles. The van der Waals surface area contributed by atoms with E-state index in [1.807, 2.05) is 0 Å². The van der Waals surface area contributed by atoms with Crippen LogP contribution in [0.5, 0.6) is 0 Å². The summed E-state index contributed by atoms with van der Waals surface area (Å²) in [5, 5.41) is 0. The van der Waals surface area contributed by atoms with E-state index in [-0.39, 0.29) is 32.5 Å². The lowest BCUT2D eigenvalue weighted by Crippen LogP contribution is -2.20. The maximum Gasteiger partial charge on any atom is 0.0470 e. The van der Waals surface area contributed by atoms with Gasteiger partial charge in [0.25, 0.3) is 0 Å². The second kappa shape index (κ2) is 14.6. The van der Waals surface area contributed by atoms with Crippen LogP contribution in [0.4, 0.5) is 17.1 Å². The van der Waals surface area contributed by atoms with Crippen LogP contribution in [-0.4, -0.2) is 0 Å². The van der Waals surface area contributed by atoms with E-state index in [0.29, 0.717) is 0 Å². The Bertz CT molecular complexity index is 2490. The van der Waals surface area contributed by atoms with Gasteiger partial charge in [-0.15, -0.1) is 0 Å². The van der Waals surface area contributed by atoms with E-state index >= 15 is 0 Å². The molecule has 0 saturated heterocycles. The molecular weight excluding hydrogens is 723 g/mol. The first-order valence-corrected chi connectivity index (χ1v) is 22.3. The van der Waals surface area contributed by atoms with E-state index in [0.717, 1.165) is 0 Å². The second-order valence-electron chi connectivity index (χ2n) is 23.4. The van der Waals surface area contributed by atoms with Gasteiger partial charge in [0.05, 0.1) is 0 Å². The first kappa shape index (κ1) is 43.2. The van der Waals surface area contributed by atoms with Crippen LogP contribution in [0.3, 0.4) is 0 Å². The molecule has 1 nitrogen and oxygen atoms in total. The summed E-state index contributed by atoms with van der Waals surface area (Å²) < 4.78 is 0. The van der Waals surface area contributed by atoms with Crippen molar-refractivity contribution >= 4 is 17.1 Å². The van der Waals surface area contributed by atoms with Crippen LogP contribution in [0, 0.1) is 0 Å². The van der Waals surface area contributed by atoms with Gasteiger partial charge in [-0.1, -0.05) is 203 Å². The van der Waals surface area contributed by atoms with Gasteiger partial charge in [-0.05, 0) is 136 Å². The van der Waals surface area contributed by atoms with Crippen LogP contribution in [0.15, 0.2) is 121 Å². The fourth-order valence-electron chi connectivity index (χ4n) is 8.74. The lowest BCUT2D eigenvalue weighted by atomic mass is 9.79. The Labute approximate surface area is 364 Å². The minimum absolute atomic E-state index is 0.0243. The Hall–Kier alpha value is -4.88. The Kier molecular flexibility index (Phi) is 10.5. The quantitative estimate of drug-likeness (QED) is 0.168. The predicted octanol–water partition coefficient (Wildman–Crippen LogP) is 17.3. The molecule has 7 rings (SSSR count). The van der Waals surface area contributed by atoms with Gasteiger partial charge in [0, 0.05) is 22.5 Å². The summed E-state index contributed by atoms with van der Waals surface area (Å²) >= 11 is 0. The van der Waals surface area contributed by atoms with Gasteiger partial charge in [0.1, 0.15) is 0 Å². The molecule has 0 radical (unpaired) electrons. The average Bonchev–Trinajstić information content (AvgIpc) is 3.38. The predicted molar refractivity (Wildman–Crippen MR) is 263 cm³/mol. The molecule has 6 aromatic carbocycles. The highest BCUT2D eigenvalue weighted by atomic mass is 15.1. The Morgan fingerprint density at radius 3 is 1.13 bits per heavy atom. The van der Waals surface area contributed by atoms with Crippen LogP contribution in [0.25, 0.3) is 33.4 Å². The van der Waals surface area contributed by atoms with Crippen LogP contribution < -0.4 is 4.90 Å². The smallest absolute Gasteiger partial charge is 0.0470 e. The van der Waals surface area contributed by atoms with Crippen molar-refractivity contribution in [2.45, 2.75) is 150 Å².